The molecule has 5 heterocycles. The molecule has 2 N–H and O–H groups in total. The van der Waals surface area contributed by atoms with Crippen molar-refractivity contribution in [1.82, 2.24) is 0 Å². The molecule has 204 valence electrons. The highest BCUT2D eigenvalue weighted by Crippen LogP contribution is 2.71. The number of carboxylic acids is 2. The molecular weight excluding hydrogens is 472 g/mol. The topological polar surface area (TPSA) is 124 Å². The van der Waals surface area contributed by atoms with Crippen LogP contribution in [0.2, 0.25) is 0 Å². The van der Waals surface area contributed by atoms with Gasteiger partial charge in [0.15, 0.2) is 6.23 Å². The van der Waals surface area contributed by atoms with Crippen LogP contribution < -0.4 is 15.1 Å². The third-order valence-corrected chi connectivity index (χ3v) is 11.2. The lowest BCUT2D eigenvalue weighted by Crippen LogP contribution is -2.83. The van der Waals surface area contributed by atoms with Crippen LogP contribution in [0, 0.1) is 29.6 Å². The molecule has 0 amide bonds. The lowest BCUT2D eigenvalue weighted by atomic mass is 9.60. The predicted molar refractivity (Wildman–Crippen MR) is 134 cm³/mol. The number of rotatable bonds is 6. The summed E-state index contributed by atoms with van der Waals surface area (Å²) in [6.07, 6.45) is 3.84. The molecule has 4 saturated heterocycles. The molecule has 5 aliphatic heterocycles. The van der Waals surface area contributed by atoms with Crippen molar-refractivity contribution in [3.63, 3.8) is 0 Å². The van der Waals surface area contributed by atoms with Crippen molar-refractivity contribution in [2.45, 2.75) is 89.3 Å². The van der Waals surface area contributed by atoms with Crippen molar-refractivity contribution in [3.05, 3.63) is 29.8 Å². The van der Waals surface area contributed by atoms with E-state index in [1.807, 2.05) is 0 Å². The molecular formula is C29H41N2O6-. The summed E-state index contributed by atoms with van der Waals surface area (Å²) in [4.78, 5) is 22.6. The number of carbonyl (C=O) groups excluding carboxylic acids is 2. The molecule has 3 unspecified atom stereocenters. The molecule has 5 fully saturated rings. The van der Waals surface area contributed by atoms with E-state index in [2.05, 4.69) is 50.1 Å². The number of quaternary nitrogens is 1. The van der Waals surface area contributed by atoms with Gasteiger partial charge in [-0.2, -0.15) is 0 Å². The van der Waals surface area contributed by atoms with E-state index in [1.165, 1.54) is 31.5 Å². The maximum atomic E-state index is 11.9. The van der Waals surface area contributed by atoms with Crippen molar-refractivity contribution < 1.29 is 34.5 Å². The predicted octanol–water partition coefficient (Wildman–Crippen LogP) is 0.238. The number of benzene rings is 1. The quantitative estimate of drug-likeness (QED) is 0.522. The second-order valence-corrected chi connectivity index (χ2v) is 12.3. The van der Waals surface area contributed by atoms with Gasteiger partial charge < -0.3 is 34.9 Å². The zero-order chi connectivity index (χ0) is 27.0. The average Bonchev–Trinajstić information content (AvgIpc) is 3.26. The Labute approximate surface area is 219 Å². The van der Waals surface area contributed by atoms with Gasteiger partial charge in [0.1, 0.15) is 6.04 Å². The summed E-state index contributed by atoms with van der Waals surface area (Å²) in [5, 5.41) is 43.6. The van der Waals surface area contributed by atoms with Gasteiger partial charge >= 0.3 is 0 Å². The van der Waals surface area contributed by atoms with E-state index in [0.29, 0.717) is 35.9 Å². The Bertz CT molecular complexity index is 1060. The number of likely N-dealkylation sites (N-methyl/N-ethyl adjacent to an activating group) is 1. The molecule has 0 aromatic heterocycles. The molecule has 1 spiro atoms. The molecule has 6 aliphatic rings. The van der Waals surface area contributed by atoms with E-state index in [0.717, 1.165) is 30.3 Å². The van der Waals surface area contributed by atoms with Crippen LogP contribution in [0.3, 0.4) is 0 Å². The van der Waals surface area contributed by atoms with Gasteiger partial charge in [-0.3, -0.25) is 4.48 Å². The fourth-order valence-corrected chi connectivity index (χ4v) is 9.64. The van der Waals surface area contributed by atoms with Crippen LogP contribution in [0.1, 0.15) is 58.9 Å². The van der Waals surface area contributed by atoms with Crippen LogP contribution in [0.15, 0.2) is 24.3 Å². The number of fused-ring (bicyclic) bond motifs is 2. The highest BCUT2D eigenvalue weighted by Gasteiger charge is 2.82. The van der Waals surface area contributed by atoms with Crippen LogP contribution in [0.5, 0.6) is 0 Å². The number of nitrogens with zero attached hydrogens (tertiary/aromatic N) is 2. The van der Waals surface area contributed by atoms with Crippen molar-refractivity contribution in [1.29, 1.82) is 0 Å². The second kappa shape index (κ2) is 8.95. The molecule has 37 heavy (non-hydrogen) atoms. The zero-order valence-electron chi connectivity index (χ0n) is 22.5. The fraction of sp³-hybridized carbons (Fsp3) is 0.724. The van der Waals surface area contributed by atoms with Crippen molar-refractivity contribution >= 4 is 17.6 Å². The zero-order valence-corrected chi connectivity index (χ0v) is 22.5. The minimum Gasteiger partial charge on any atom is -0.550 e. The lowest BCUT2D eigenvalue weighted by Gasteiger charge is -2.68. The van der Waals surface area contributed by atoms with Gasteiger partial charge in [0.05, 0.1) is 30.1 Å². The Morgan fingerprint density at radius 1 is 1.11 bits per heavy atom. The Kier molecular flexibility index (Phi) is 6.40. The summed E-state index contributed by atoms with van der Waals surface area (Å²) in [5.74, 6) is -3.54. The number of hydrogen-bond donors (Lipinski definition) is 2. The number of aliphatic hydroxyl groups excluding tert-OH is 2. The molecule has 8 heteroatoms. The molecule has 5 bridgehead atoms. The van der Waals surface area contributed by atoms with Gasteiger partial charge in [0.2, 0.25) is 0 Å². The van der Waals surface area contributed by atoms with Gasteiger partial charge in [0.25, 0.3) is 0 Å². The van der Waals surface area contributed by atoms with Crippen LogP contribution >= 0.6 is 0 Å². The largest absolute Gasteiger partial charge is 0.550 e. The first-order valence-corrected chi connectivity index (χ1v) is 14.0. The number of para-hydroxylation sites is 1. The van der Waals surface area contributed by atoms with E-state index >= 15 is 0 Å². The third-order valence-electron chi connectivity index (χ3n) is 11.2. The summed E-state index contributed by atoms with van der Waals surface area (Å²) < 4.78 is 0.873. The maximum Gasteiger partial charge on any atom is 0.194 e. The molecule has 8 nitrogen and oxygen atoms in total. The summed E-state index contributed by atoms with van der Waals surface area (Å²) in [6, 6.07) is 9.97. The number of aliphatic hydroxyl groups is 2. The Morgan fingerprint density at radius 2 is 1.73 bits per heavy atom. The smallest absolute Gasteiger partial charge is 0.194 e. The number of carbonyl (C=O) groups is 2. The Morgan fingerprint density at radius 3 is 2.30 bits per heavy atom. The van der Waals surface area contributed by atoms with E-state index < -0.39 is 23.8 Å². The highest BCUT2D eigenvalue weighted by molar-refractivity contribution is 5.77. The number of anilines is 1. The van der Waals surface area contributed by atoms with Gasteiger partial charge in [-0.25, -0.2) is 0 Å². The van der Waals surface area contributed by atoms with Gasteiger partial charge in [-0.1, -0.05) is 45.9 Å². The highest BCUT2D eigenvalue weighted by atomic mass is 16.4. The minimum atomic E-state index is -1.36. The van der Waals surface area contributed by atoms with Crippen LogP contribution in [0.25, 0.3) is 0 Å². The second-order valence-electron chi connectivity index (χ2n) is 12.3. The Hall–Kier alpha value is -2.16. The lowest BCUT2D eigenvalue weighted by molar-refractivity contribution is -1.04. The van der Waals surface area contributed by atoms with E-state index in [1.54, 1.807) is 0 Å². The number of carboxylic acid groups (broad SMARTS) is 2. The summed E-state index contributed by atoms with van der Waals surface area (Å²) >= 11 is 0. The molecule has 7 rings (SSSR count). The summed E-state index contributed by atoms with van der Waals surface area (Å²) in [7, 11) is 2.23. The number of hydrogen-bond acceptors (Lipinski definition) is 7. The monoisotopic (exact) mass is 513 g/mol. The first-order valence-electron chi connectivity index (χ1n) is 14.0. The molecule has 12 atom stereocenters. The van der Waals surface area contributed by atoms with Crippen LogP contribution in [-0.4, -0.2) is 70.7 Å². The van der Waals surface area contributed by atoms with Gasteiger partial charge in [-0.05, 0) is 30.4 Å². The SMILES string of the molecule is CCC[N+]12[C@H](O)[C@@H](CC)C3C[C@H]1[C@@H]1N(C)c4ccccc4[C@]14C[C@H]2C3[C@H]4O.C[C@@H](C(=O)[O-])[C@@H](C)C(=O)[O-]. The normalized spacial score (nSPS) is 43.5. The first kappa shape index (κ1) is 26.4. The van der Waals surface area contributed by atoms with E-state index in [-0.39, 0.29) is 17.7 Å². The van der Waals surface area contributed by atoms with E-state index in [9.17, 15) is 30.0 Å². The molecule has 1 aromatic rings. The number of piperidine rings is 4. The first-order chi connectivity index (χ1) is 17.5. The van der Waals surface area contributed by atoms with E-state index in [4.69, 9.17) is 0 Å². The van der Waals surface area contributed by atoms with Crippen molar-refractivity contribution in [3.8, 4) is 0 Å². The molecule has 0 radical (unpaired) electrons. The maximum absolute atomic E-state index is 11.9. The molecule has 1 aliphatic carbocycles. The summed E-state index contributed by atoms with van der Waals surface area (Å²) in [6.45, 7) is 8.10. The number of aliphatic carboxylic acids is 2. The average molecular weight is 514 g/mol. The van der Waals surface area contributed by atoms with Crippen molar-refractivity contribution in [2.75, 3.05) is 18.5 Å². The van der Waals surface area contributed by atoms with Crippen LogP contribution in [-0.2, 0) is 15.0 Å². The molecule has 1 aromatic carbocycles. The minimum absolute atomic E-state index is 0.127. The summed E-state index contributed by atoms with van der Waals surface area (Å²) in [5.41, 5.74) is 2.56. The Balaban J connectivity index is 0.000000241. The van der Waals surface area contributed by atoms with Gasteiger partial charge in [0, 0.05) is 61.2 Å². The third kappa shape index (κ3) is 3.18. The fourth-order valence-electron chi connectivity index (χ4n) is 9.64. The van der Waals surface area contributed by atoms with Crippen molar-refractivity contribution in [2.24, 2.45) is 29.6 Å². The standard InChI is InChI=1S/C23H33N2O2.C6H10O4/c1-4-10-25-17-11-14(13(5-2)22(25)27)19-18(25)12-23(21(19)26)15-8-6-7-9-16(15)24(3)20(17)23;1-3(5(7)8)4(2)6(9)10/h6-9,13-14,17-22,26-27H,4-5,10-12H2,1-3H3;3-4H,1-2H3,(H,7,8)(H,9,10)/q+1;/p-2/t13-,14?,17-,18-,19?,20-,21+,22+,23+,25?;3-,4-/m01/s1. The van der Waals surface area contributed by atoms with Crippen LogP contribution in [0.4, 0.5) is 5.69 Å². The molecule has 1 saturated carbocycles. The van der Waals surface area contributed by atoms with Gasteiger partial charge in [-0.15, -0.1) is 0 Å².